The monoisotopic (exact) mass is 302 g/mol. The molecule has 2 rings (SSSR count). The molecule has 0 saturated heterocycles. The summed E-state index contributed by atoms with van der Waals surface area (Å²) in [5.74, 6) is -0.361. The molecule has 0 radical (unpaired) electrons. The first kappa shape index (κ1) is 16.2. The molecule has 2 aromatic rings. The lowest BCUT2D eigenvalue weighted by Gasteiger charge is -2.15. The number of rotatable bonds is 5. The summed E-state index contributed by atoms with van der Waals surface area (Å²) in [5.41, 5.74) is 1.78. The standard InChI is InChI=1S/C17H22N2O3/c1-5-19-9-14(17(21)18-12(3)10-22-4)16(20)13-8-11(2)6-7-15(13)19/h6-9,12H,5,10H2,1-4H3,(H,18,21)/t12-/m0/s1. The van der Waals surface area contributed by atoms with Crippen LogP contribution in [-0.2, 0) is 11.3 Å². The van der Waals surface area contributed by atoms with Gasteiger partial charge in [-0.3, -0.25) is 9.59 Å². The van der Waals surface area contributed by atoms with E-state index in [4.69, 9.17) is 4.74 Å². The lowest BCUT2D eigenvalue weighted by molar-refractivity contribution is 0.0904. The zero-order valence-electron chi connectivity index (χ0n) is 13.5. The van der Waals surface area contributed by atoms with Gasteiger partial charge in [-0.15, -0.1) is 0 Å². The molecule has 5 heteroatoms. The molecule has 0 spiro atoms. The van der Waals surface area contributed by atoms with Gasteiger partial charge in [-0.1, -0.05) is 11.6 Å². The topological polar surface area (TPSA) is 60.3 Å². The molecule has 1 amide bonds. The van der Waals surface area contributed by atoms with E-state index in [1.54, 1.807) is 13.3 Å². The van der Waals surface area contributed by atoms with Crippen molar-refractivity contribution in [2.24, 2.45) is 0 Å². The van der Waals surface area contributed by atoms with Crippen LogP contribution in [-0.4, -0.2) is 30.2 Å². The first-order chi connectivity index (χ1) is 10.5. The van der Waals surface area contributed by atoms with Crippen LogP contribution in [0.4, 0.5) is 0 Å². The van der Waals surface area contributed by atoms with Crippen molar-refractivity contribution in [1.29, 1.82) is 0 Å². The van der Waals surface area contributed by atoms with Crippen molar-refractivity contribution < 1.29 is 9.53 Å². The molecule has 0 aliphatic carbocycles. The van der Waals surface area contributed by atoms with Crippen molar-refractivity contribution in [2.45, 2.75) is 33.4 Å². The molecule has 0 aliphatic heterocycles. The Morgan fingerprint density at radius 3 is 2.77 bits per heavy atom. The lowest BCUT2D eigenvalue weighted by atomic mass is 10.1. The van der Waals surface area contributed by atoms with E-state index in [1.807, 2.05) is 43.5 Å². The maximum atomic E-state index is 12.6. The number of methoxy groups -OCH3 is 1. The van der Waals surface area contributed by atoms with Crippen molar-refractivity contribution in [3.05, 3.63) is 45.7 Å². The second kappa shape index (κ2) is 6.75. The third kappa shape index (κ3) is 3.20. The van der Waals surface area contributed by atoms with Gasteiger partial charge in [-0.25, -0.2) is 0 Å². The zero-order valence-corrected chi connectivity index (χ0v) is 13.5. The largest absolute Gasteiger partial charge is 0.383 e. The van der Waals surface area contributed by atoms with E-state index in [0.29, 0.717) is 18.5 Å². The molecule has 118 valence electrons. The third-order valence-electron chi connectivity index (χ3n) is 3.62. The van der Waals surface area contributed by atoms with Gasteiger partial charge in [-0.2, -0.15) is 0 Å². The number of aromatic nitrogens is 1. The molecule has 1 atom stereocenters. The van der Waals surface area contributed by atoms with Crippen molar-refractivity contribution >= 4 is 16.8 Å². The summed E-state index contributed by atoms with van der Waals surface area (Å²) in [6, 6.07) is 5.57. The van der Waals surface area contributed by atoms with Gasteiger partial charge in [0.2, 0.25) is 5.43 Å². The molecule has 0 fully saturated rings. The van der Waals surface area contributed by atoms with Gasteiger partial charge >= 0.3 is 0 Å². The van der Waals surface area contributed by atoms with Crippen LogP contribution in [0.1, 0.15) is 29.8 Å². The SMILES string of the molecule is CCn1cc(C(=O)N[C@@H](C)COC)c(=O)c2cc(C)ccc21. The predicted octanol–water partition coefficient (Wildman–Crippen LogP) is 2.09. The Bertz CT molecular complexity index is 749. The fraction of sp³-hybridized carbons (Fsp3) is 0.412. The second-order valence-corrected chi connectivity index (χ2v) is 5.51. The number of nitrogens with one attached hydrogen (secondary N) is 1. The third-order valence-corrected chi connectivity index (χ3v) is 3.62. The van der Waals surface area contributed by atoms with Crippen LogP contribution in [0.2, 0.25) is 0 Å². The number of aryl methyl sites for hydroxylation is 2. The minimum atomic E-state index is -0.361. The van der Waals surface area contributed by atoms with Crippen molar-refractivity contribution in [3.8, 4) is 0 Å². The second-order valence-electron chi connectivity index (χ2n) is 5.51. The number of hydrogen-bond donors (Lipinski definition) is 1. The molecule has 1 aromatic heterocycles. The van der Waals surface area contributed by atoms with Crippen molar-refractivity contribution in [2.75, 3.05) is 13.7 Å². The van der Waals surface area contributed by atoms with E-state index in [9.17, 15) is 9.59 Å². The quantitative estimate of drug-likeness (QED) is 0.920. The van der Waals surface area contributed by atoms with E-state index in [0.717, 1.165) is 11.1 Å². The molecule has 1 N–H and O–H groups in total. The number of hydrogen-bond acceptors (Lipinski definition) is 3. The predicted molar refractivity (Wildman–Crippen MR) is 87.4 cm³/mol. The maximum absolute atomic E-state index is 12.6. The normalized spacial score (nSPS) is 12.4. The fourth-order valence-electron chi connectivity index (χ4n) is 2.53. The minimum Gasteiger partial charge on any atom is -0.383 e. The summed E-state index contributed by atoms with van der Waals surface area (Å²) in [6.07, 6.45) is 1.63. The van der Waals surface area contributed by atoms with E-state index in [1.165, 1.54) is 0 Å². The fourth-order valence-corrected chi connectivity index (χ4v) is 2.53. The molecule has 5 nitrogen and oxygen atoms in total. The molecule has 0 unspecified atom stereocenters. The van der Waals surface area contributed by atoms with Crippen LogP contribution in [0.15, 0.2) is 29.2 Å². The average molecular weight is 302 g/mol. The summed E-state index contributed by atoms with van der Waals surface area (Å²) in [6.45, 7) is 6.85. The van der Waals surface area contributed by atoms with Gasteiger partial charge in [0, 0.05) is 31.3 Å². The lowest BCUT2D eigenvalue weighted by Crippen LogP contribution is -2.38. The van der Waals surface area contributed by atoms with E-state index < -0.39 is 0 Å². The molecular weight excluding hydrogens is 280 g/mol. The average Bonchev–Trinajstić information content (AvgIpc) is 2.48. The molecule has 1 aromatic carbocycles. The van der Waals surface area contributed by atoms with Crippen LogP contribution in [0.5, 0.6) is 0 Å². The van der Waals surface area contributed by atoms with Crippen molar-refractivity contribution in [3.63, 3.8) is 0 Å². The molecule has 0 bridgehead atoms. The van der Waals surface area contributed by atoms with Crippen LogP contribution in [0, 0.1) is 6.92 Å². The Kier molecular flexibility index (Phi) is 4.98. The van der Waals surface area contributed by atoms with Gasteiger partial charge in [0.25, 0.3) is 5.91 Å². The summed E-state index contributed by atoms with van der Waals surface area (Å²) in [4.78, 5) is 25.0. The first-order valence-electron chi connectivity index (χ1n) is 7.41. The highest BCUT2D eigenvalue weighted by molar-refractivity contribution is 5.97. The van der Waals surface area contributed by atoms with Gasteiger partial charge in [-0.05, 0) is 32.9 Å². The molecule has 22 heavy (non-hydrogen) atoms. The Balaban J connectivity index is 2.52. The van der Waals surface area contributed by atoms with E-state index in [2.05, 4.69) is 5.32 Å². The Morgan fingerprint density at radius 2 is 2.14 bits per heavy atom. The number of benzene rings is 1. The number of carbonyl (C=O) groups excluding carboxylic acids is 1. The number of fused-ring (bicyclic) bond motifs is 1. The highest BCUT2D eigenvalue weighted by atomic mass is 16.5. The summed E-state index contributed by atoms with van der Waals surface area (Å²) < 4.78 is 6.93. The van der Waals surface area contributed by atoms with Gasteiger partial charge in [0.1, 0.15) is 5.56 Å². The van der Waals surface area contributed by atoms with Crippen LogP contribution < -0.4 is 10.7 Å². The number of pyridine rings is 1. The first-order valence-corrected chi connectivity index (χ1v) is 7.41. The highest BCUT2D eigenvalue weighted by Gasteiger charge is 2.16. The number of carbonyl (C=O) groups is 1. The van der Waals surface area contributed by atoms with Gasteiger partial charge in [0.15, 0.2) is 0 Å². The summed E-state index contributed by atoms with van der Waals surface area (Å²) in [5, 5.41) is 3.37. The Labute approximate surface area is 129 Å². The number of ether oxygens (including phenoxy) is 1. The van der Waals surface area contributed by atoms with Gasteiger partial charge < -0.3 is 14.6 Å². The van der Waals surface area contributed by atoms with Crippen molar-refractivity contribution in [1.82, 2.24) is 9.88 Å². The Hall–Kier alpha value is -2.14. The van der Waals surface area contributed by atoms with Crippen LogP contribution >= 0.6 is 0 Å². The minimum absolute atomic E-state index is 0.153. The van der Waals surface area contributed by atoms with Crippen LogP contribution in [0.3, 0.4) is 0 Å². The molecule has 0 aliphatic rings. The molecule has 0 saturated carbocycles. The smallest absolute Gasteiger partial charge is 0.257 e. The van der Waals surface area contributed by atoms with Crippen LogP contribution in [0.25, 0.3) is 10.9 Å². The Morgan fingerprint density at radius 1 is 1.41 bits per heavy atom. The molecular formula is C17H22N2O3. The van der Waals surface area contributed by atoms with Gasteiger partial charge in [0.05, 0.1) is 12.1 Å². The number of nitrogens with zero attached hydrogens (tertiary/aromatic N) is 1. The summed E-state index contributed by atoms with van der Waals surface area (Å²) in [7, 11) is 1.57. The maximum Gasteiger partial charge on any atom is 0.257 e. The molecule has 1 heterocycles. The van der Waals surface area contributed by atoms with E-state index >= 15 is 0 Å². The highest BCUT2D eigenvalue weighted by Crippen LogP contribution is 2.14. The summed E-state index contributed by atoms with van der Waals surface area (Å²) >= 11 is 0. The zero-order chi connectivity index (χ0) is 16.3. The number of amides is 1. The van der Waals surface area contributed by atoms with E-state index in [-0.39, 0.29) is 22.9 Å².